The van der Waals surface area contributed by atoms with Crippen LogP contribution in [0.4, 0.5) is 0 Å². The van der Waals surface area contributed by atoms with Crippen molar-refractivity contribution in [3.63, 3.8) is 0 Å². The van der Waals surface area contributed by atoms with Crippen molar-refractivity contribution in [3.8, 4) is 0 Å². The van der Waals surface area contributed by atoms with E-state index in [0.717, 1.165) is 70.6 Å². The molecule has 0 saturated carbocycles. The van der Waals surface area contributed by atoms with Gasteiger partial charge in [-0.3, -0.25) is 18.6 Å². The predicted octanol–water partition coefficient (Wildman–Crippen LogP) is 19.3. The summed E-state index contributed by atoms with van der Waals surface area (Å²) in [4.78, 5) is 37.7. The first kappa shape index (κ1) is 72.0. The van der Waals surface area contributed by atoms with Crippen LogP contribution in [0.25, 0.3) is 0 Å². The van der Waals surface area contributed by atoms with Crippen molar-refractivity contribution in [1.82, 2.24) is 5.32 Å². The molecule has 0 fully saturated rings. The summed E-state index contributed by atoms with van der Waals surface area (Å²) < 4.78 is 30.7. The third-order valence-electron chi connectivity index (χ3n) is 14.0. The predicted molar refractivity (Wildman–Crippen MR) is 319 cm³/mol. The number of hydrogen-bond donors (Lipinski definition) is 2. The van der Waals surface area contributed by atoms with Crippen LogP contribution in [0, 0.1) is 0 Å². The number of carbonyl (C=O) groups is 2. The van der Waals surface area contributed by atoms with Gasteiger partial charge < -0.3 is 19.4 Å². The fourth-order valence-corrected chi connectivity index (χ4v) is 9.86. The van der Waals surface area contributed by atoms with Gasteiger partial charge in [-0.1, -0.05) is 262 Å². The minimum Gasteiger partial charge on any atom is -0.456 e. The largest absolute Gasteiger partial charge is 0.472 e. The molecular weight excluding hydrogens is 940 g/mol. The van der Waals surface area contributed by atoms with Gasteiger partial charge >= 0.3 is 13.8 Å². The molecule has 9 nitrogen and oxygen atoms in total. The molecule has 0 radical (unpaired) electrons. The Morgan fingerprint density at radius 3 is 1.26 bits per heavy atom. The summed E-state index contributed by atoms with van der Waals surface area (Å²) in [5.41, 5.74) is 0. The number of hydrogen-bond acceptors (Lipinski definition) is 6. The normalized spacial score (nSPS) is 14.0. The van der Waals surface area contributed by atoms with Crippen LogP contribution in [0.1, 0.15) is 297 Å². The number of rotatable bonds is 57. The molecule has 3 atom stereocenters. The number of allylic oxidation sites excluding steroid dienone is 7. The SMILES string of the molecule is CCCCC/C=C\C/C=C\C/C=C\CCCCCCCCCCCCC(=O)NC(COP(=O)(O)OCC[N+](C)(C)C)C(/C=C\CCCCCCCCCCC)OC(=O)CCCCCCCCCCCCCCCC. The summed E-state index contributed by atoms with van der Waals surface area (Å²) >= 11 is 0. The summed E-state index contributed by atoms with van der Waals surface area (Å²) in [5.74, 6) is -0.500. The first-order valence-electron chi connectivity index (χ1n) is 31.5. The average molecular weight is 1060 g/mol. The number of nitrogens with zero attached hydrogens (tertiary/aromatic N) is 1. The molecule has 0 aromatic carbocycles. The maximum Gasteiger partial charge on any atom is 0.472 e. The van der Waals surface area contributed by atoms with Gasteiger partial charge in [-0.15, -0.1) is 0 Å². The standard InChI is InChI=1S/C64H121N2O7P/c1-7-10-13-16-19-22-25-27-29-30-31-32-33-34-35-36-37-38-41-44-47-50-53-56-63(67)65-61(60-72-74(69,70)71-59-58-66(4,5)6)62(55-52-49-46-43-40-24-21-18-15-12-9-3)73-64(68)57-54-51-48-45-42-39-28-26-23-20-17-14-11-8-2/h19,22,27,29,31-32,52,55,61-62H,7-18,20-21,23-26,28,30,33-51,53-54,56-60H2,1-6H3,(H-,65,67,69,70)/p+1/b22-19-,29-27-,32-31-,55-52-. The van der Waals surface area contributed by atoms with Crippen LogP contribution in [0.5, 0.6) is 0 Å². The van der Waals surface area contributed by atoms with Crippen molar-refractivity contribution < 1.29 is 37.3 Å². The van der Waals surface area contributed by atoms with Crippen molar-refractivity contribution in [3.05, 3.63) is 48.6 Å². The van der Waals surface area contributed by atoms with Gasteiger partial charge in [0, 0.05) is 12.8 Å². The Morgan fingerprint density at radius 1 is 0.473 bits per heavy atom. The maximum absolute atomic E-state index is 13.5. The topological polar surface area (TPSA) is 111 Å². The van der Waals surface area contributed by atoms with Crippen LogP contribution in [0.2, 0.25) is 0 Å². The molecule has 0 rings (SSSR count). The van der Waals surface area contributed by atoms with Gasteiger partial charge in [0.05, 0.1) is 33.8 Å². The van der Waals surface area contributed by atoms with Gasteiger partial charge in [0.25, 0.3) is 0 Å². The van der Waals surface area contributed by atoms with Crippen LogP contribution in [-0.4, -0.2) is 74.3 Å². The molecule has 0 bridgehead atoms. The van der Waals surface area contributed by atoms with E-state index in [2.05, 4.69) is 62.5 Å². The van der Waals surface area contributed by atoms with Gasteiger partial charge in [-0.2, -0.15) is 0 Å². The number of amides is 1. The first-order valence-corrected chi connectivity index (χ1v) is 33.0. The van der Waals surface area contributed by atoms with Gasteiger partial charge in [0.15, 0.2) is 0 Å². The van der Waals surface area contributed by atoms with E-state index in [1.54, 1.807) is 0 Å². The third kappa shape index (κ3) is 54.7. The number of likely N-dealkylation sites (N-methyl/N-ethyl adjacent to an activating group) is 1. The molecule has 0 heterocycles. The summed E-state index contributed by atoms with van der Waals surface area (Å²) in [7, 11) is 1.50. The summed E-state index contributed by atoms with van der Waals surface area (Å²) in [6, 6.07) is -0.847. The Kier molecular flexibility index (Phi) is 52.8. The second-order valence-corrected chi connectivity index (χ2v) is 24.0. The van der Waals surface area contributed by atoms with E-state index in [9.17, 15) is 19.0 Å². The Hall–Kier alpha value is -2.03. The lowest BCUT2D eigenvalue weighted by atomic mass is 10.0. The molecule has 0 aromatic rings. The second-order valence-electron chi connectivity index (χ2n) is 22.6. The van der Waals surface area contributed by atoms with Gasteiger partial charge in [-0.05, 0) is 70.3 Å². The fraction of sp³-hybridized carbons (Fsp3) is 0.844. The number of quaternary nitrogens is 1. The van der Waals surface area contributed by atoms with E-state index in [0.29, 0.717) is 23.9 Å². The Morgan fingerprint density at radius 2 is 0.824 bits per heavy atom. The van der Waals surface area contributed by atoms with E-state index < -0.39 is 20.0 Å². The second kappa shape index (κ2) is 54.3. The number of unbranched alkanes of at least 4 members (excludes halogenated alkanes) is 35. The third-order valence-corrected chi connectivity index (χ3v) is 15.0. The van der Waals surface area contributed by atoms with Gasteiger partial charge in [0.1, 0.15) is 19.3 Å². The molecule has 0 spiro atoms. The minimum absolute atomic E-state index is 0.0406. The monoisotopic (exact) mass is 1060 g/mol. The maximum atomic E-state index is 13.5. The molecule has 10 heteroatoms. The Balaban J connectivity index is 5.13. The molecule has 0 aromatic heterocycles. The van der Waals surface area contributed by atoms with Crippen LogP contribution < -0.4 is 5.32 Å². The Labute approximate surface area is 458 Å². The lowest BCUT2D eigenvalue weighted by molar-refractivity contribution is -0.870. The lowest BCUT2D eigenvalue weighted by Crippen LogP contribution is -2.47. The zero-order valence-electron chi connectivity index (χ0n) is 49.6. The summed E-state index contributed by atoms with van der Waals surface area (Å²) in [6.45, 7) is 7.00. The summed E-state index contributed by atoms with van der Waals surface area (Å²) in [6.07, 6.45) is 66.7. The fourth-order valence-electron chi connectivity index (χ4n) is 9.12. The van der Waals surface area contributed by atoms with Crippen molar-refractivity contribution in [2.45, 2.75) is 309 Å². The van der Waals surface area contributed by atoms with E-state index in [1.807, 2.05) is 33.3 Å². The Bertz CT molecular complexity index is 1410. The van der Waals surface area contributed by atoms with Crippen LogP contribution in [-0.2, 0) is 27.9 Å². The molecule has 0 saturated heterocycles. The van der Waals surface area contributed by atoms with E-state index >= 15 is 0 Å². The zero-order valence-corrected chi connectivity index (χ0v) is 50.5. The molecule has 74 heavy (non-hydrogen) atoms. The molecule has 1 amide bonds. The molecule has 0 aliphatic rings. The van der Waals surface area contributed by atoms with Crippen molar-refractivity contribution in [1.29, 1.82) is 0 Å². The summed E-state index contributed by atoms with van der Waals surface area (Å²) in [5, 5.41) is 3.06. The highest BCUT2D eigenvalue weighted by Gasteiger charge is 2.30. The molecular formula is C64H122N2O7P+. The molecule has 2 N–H and O–H groups in total. The van der Waals surface area contributed by atoms with Crippen molar-refractivity contribution in [2.24, 2.45) is 0 Å². The highest BCUT2D eigenvalue weighted by Crippen LogP contribution is 2.43. The van der Waals surface area contributed by atoms with Gasteiger partial charge in [-0.25, -0.2) is 4.57 Å². The van der Waals surface area contributed by atoms with Crippen molar-refractivity contribution in [2.75, 3.05) is 40.9 Å². The van der Waals surface area contributed by atoms with Crippen LogP contribution in [0.3, 0.4) is 0 Å². The minimum atomic E-state index is -4.44. The highest BCUT2D eigenvalue weighted by molar-refractivity contribution is 7.47. The zero-order chi connectivity index (χ0) is 54.3. The number of phosphoric ester groups is 1. The molecule has 3 unspecified atom stereocenters. The van der Waals surface area contributed by atoms with E-state index in [1.165, 1.54) is 193 Å². The average Bonchev–Trinajstić information content (AvgIpc) is 3.36. The van der Waals surface area contributed by atoms with Crippen molar-refractivity contribution >= 4 is 19.7 Å². The number of ether oxygens (including phenoxy) is 1. The quantitative estimate of drug-likeness (QED) is 0.0205. The number of esters is 1. The molecule has 0 aliphatic carbocycles. The number of nitrogens with one attached hydrogen (secondary N) is 1. The van der Waals surface area contributed by atoms with Gasteiger partial charge in [0.2, 0.25) is 5.91 Å². The molecule has 0 aliphatic heterocycles. The smallest absolute Gasteiger partial charge is 0.456 e. The first-order chi connectivity index (χ1) is 35.9. The number of carbonyl (C=O) groups excluding carboxylic acids is 2. The van der Waals surface area contributed by atoms with E-state index in [-0.39, 0.29) is 25.1 Å². The number of phosphoric acid groups is 1. The lowest BCUT2D eigenvalue weighted by Gasteiger charge is -2.27. The van der Waals surface area contributed by atoms with Crippen LogP contribution in [0.15, 0.2) is 48.6 Å². The van der Waals surface area contributed by atoms with Crippen LogP contribution >= 0.6 is 7.82 Å². The highest BCUT2D eigenvalue weighted by atomic mass is 31.2. The molecule has 434 valence electrons. The van der Waals surface area contributed by atoms with E-state index in [4.69, 9.17) is 13.8 Å².